The number of rotatable bonds is 4. The topological polar surface area (TPSA) is 51.1 Å². The Morgan fingerprint density at radius 2 is 2.00 bits per heavy atom. The fourth-order valence-corrected chi connectivity index (χ4v) is 1.68. The molecule has 2 rings (SSSR count). The fraction of sp³-hybridized carbons (Fsp3) is 0.250. The predicted molar refractivity (Wildman–Crippen MR) is 69.9 cm³/mol. The van der Waals surface area contributed by atoms with Crippen LogP contribution >= 0.6 is 11.6 Å². The van der Waals surface area contributed by atoms with Gasteiger partial charge in [-0.1, -0.05) is 18.2 Å². The third-order valence-corrected chi connectivity index (χ3v) is 2.63. The smallest absolute Gasteiger partial charge is 0.322 e. The average Bonchev–Trinajstić information content (AvgIpc) is 2.40. The highest BCUT2D eigenvalue weighted by molar-refractivity contribution is 6.28. The first kappa shape index (κ1) is 13.5. The van der Waals surface area contributed by atoms with Gasteiger partial charge in [-0.05, 0) is 17.7 Å². The maximum Gasteiger partial charge on any atom is 0.322 e. The summed E-state index contributed by atoms with van der Waals surface area (Å²) >= 11 is 5.76. The molecule has 0 spiro atoms. The van der Waals surface area contributed by atoms with Gasteiger partial charge >= 0.3 is 6.01 Å². The lowest BCUT2D eigenvalue weighted by molar-refractivity contribution is 0.378. The van der Waals surface area contributed by atoms with Crippen molar-refractivity contribution in [1.29, 1.82) is 0 Å². The molecule has 0 saturated heterocycles. The van der Waals surface area contributed by atoms with Gasteiger partial charge in [0.25, 0.3) is 0 Å². The van der Waals surface area contributed by atoms with E-state index in [2.05, 4.69) is 15.0 Å². The van der Waals surface area contributed by atoms with Crippen molar-refractivity contribution in [2.75, 3.05) is 19.1 Å². The summed E-state index contributed by atoms with van der Waals surface area (Å²) in [6.07, 6.45) is 0. The molecule has 1 aromatic heterocycles. The molecule has 1 heterocycles. The average molecular weight is 283 g/mol. The number of benzene rings is 1. The zero-order chi connectivity index (χ0) is 13.8. The molecule has 5 nitrogen and oxygen atoms in total. The van der Waals surface area contributed by atoms with Crippen LogP contribution in [0.4, 0.5) is 10.3 Å². The van der Waals surface area contributed by atoms with Crippen molar-refractivity contribution >= 4 is 17.5 Å². The molecule has 19 heavy (non-hydrogen) atoms. The molecule has 0 N–H and O–H groups in total. The van der Waals surface area contributed by atoms with Crippen molar-refractivity contribution in [3.8, 4) is 6.01 Å². The van der Waals surface area contributed by atoms with E-state index in [1.54, 1.807) is 30.1 Å². The van der Waals surface area contributed by atoms with E-state index in [9.17, 15) is 4.39 Å². The largest absolute Gasteiger partial charge is 0.467 e. The van der Waals surface area contributed by atoms with Crippen LogP contribution in [0, 0.1) is 5.82 Å². The second-order valence-electron chi connectivity index (χ2n) is 3.84. The van der Waals surface area contributed by atoms with Crippen LogP contribution in [0.3, 0.4) is 0 Å². The predicted octanol–water partition coefficient (Wildman–Crippen LogP) is 2.31. The number of anilines is 1. The lowest BCUT2D eigenvalue weighted by atomic mass is 10.2. The van der Waals surface area contributed by atoms with E-state index in [4.69, 9.17) is 16.3 Å². The summed E-state index contributed by atoms with van der Waals surface area (Å²) in [6.45, 7) is 0.316. The van der Waals surface area contributed by atoms with Crippen LogP contribution in [0.2, 0.25) is 5.28 Å². The Hall–Kier alpha value is -1.95. The maximum atomic E-state index is 13.6. The highest BCUT2D eigenvalue weighted by Gasteiger charge is 2.11. The Morgan fingerprint density at radius 1 is 1.26 bits per heavy atom. The van der Waals surface area contributed by atoms with Crippen molar-refractivity contribution in [3.63, 3.8) is 0 Å². The Labute approximate surface area is 115 Å². The fourth-order valence-electron chi connectivity index (χ4n) is 1.54. The van der Waals surface area contributed by atoms with Crippen molar-refractivity contribution in [3.05, 3.63) is 40.9 Å². The van der Waals surface area contributed by atoms with Crippen molar-refractivity contribution in [1.82, 2.24) is 15.0 Å². The Bertz CT molecular complexity index is 581. The summed E-state index contributed by atoms with van der Waals surface area (Å²) in [6, 6.07) is 6.64. The van der Waals surface area contributed by atoms with E-state index in [0.717, 1.165) is 0 Å². The lowest BCUT2D eigenvalue weighted by Crippen LogP contribution is -2.20. The maximum absolute atomic E-state index is 13.6. The van der Waals surface area contributed by atoms with E-state index < -0.39 is 0 Å². The van der Waals surface area contributed by atoms with E-state index in [-0.39, 0.29) is 17.1 Å². The van der Waals surface area contributed by atoms with Crippen LogP contribution in [0.25, 0.3) is 0 Å². The number of hydrogen-bond donors (Lipinski definition) is 0. The lowest BCUT2D eigenvalue weighted by Gasteiger charge is -2.17. The standard InChI is InChI=1S/C12H12ClFN4O/c1-18(7-8-5-3-4-6-9(8)14)11-15-10(13)16-12(17-11)19-2/h3-6H,7H2,1-2H3. The second-order valence-corrected chi connectivity index (χ2v) is 4.18. The molecule has 100 valence electrons. The van der Waals surface area contributed by atoms with Gasteiger partial charge in [-0.25, -0.2) is 4.39 Å². The normalized spacial score (nSPS) is 10.3. The number of hydrogen-bond acceptors (Lipinski definition) is 5. The second kappa shape index (κ2) is 5.79. The molecule has 0 atom stereocenters. The molecule has 1 aromatic carbocycles. The Balaban J connectivity index is 2.22. The van der Waals surface area contributed by atoms with Gasteiger partial charge in [0.05, 0.1) is 7.11 Å². The van der Waals surface area contributed by atoms with Crippen molar-refractivity contribution in [2.45, 2.75) is 6.54 Å². The van der Waals surface area contributed by atoms with Gasteiger partial charge in [0, 0.05) is 19.2 Å². The first-order chi connectivity index (χ1) is 9.10. The SMILES string of the molecule is COc1nc(Cl)nc(N(C)Cc2ccccc2F)n1. The molecule has 0 amide bonds. The zero-order valence-corrected chi connectivity index (χ0v) is 11.2. The molecule has 0 radical (unpaired) electrons. The van der Waals surface area contributed by atoms with Crippen molar-refractivity contribution < 1.29 is 9.13 Å². The summed E-state index contributed by atoms with van der Waals surface area (Å²) in [5.74, 6) is 0.0431. The number of aromatic nitrogens is 3. The monoisotopic (exact) mass is 282 g/mol. The van der Waals surface area contributed by atoms with E-state index in [0.29, 0.717) is 18.1 Å². The molecule has 0 saturated carbocycles. The summed E-state index contributed by atoms with van der Waals surface area (Å²) in [5.41, 5.74) is 0.542. The number of halogens is 2. The highest BCUT2D eigenvalue weighted by atomic mass is 35.5. The summed E-state index contributed by atoms with van der Waals surface area (Å²) in [7, 11) is 3.17. The van der Waals surface area contributed by atoms with Gasteiger partial charge in [0.2, 0.25) is 11.2 Å². The van der Waals surface area contributed by atoms with Crippen LogP contribution in [0.1, 0.15) is 5.56 Å². The summed E-state index contributed by atoms with van der Waals surface area (Å²) < 4.78 is 18.5. The van der Waals surface area contributed by atoms with Crippen LogP contribution in [0.5, 0.6) is 6.01 Å². The Morgan fingerprint density at radius 3 is 2.68 bits per heavy atom. The highest BCUT2D eigenvalue weighted by Crippen LogP contribution is 2.17. The third-order valence-electron chi connectivity index (χ3n) is 2.47. The quantitative estimate of drug-likeness (QED) is 0.861. The number of ether oxygens (including phenoxy) is 1. The Kier molecular flexibility index (Phi) is 4.11. The molecular formula is C12H12ClFN4O. The van der Waals surface area contributed by atoms with E-state index in [1.165, 1.54) is 13.2 Å². The molecule has 7 heteroatoms. The molecule has 0 aliphatic rings. The molecule has 0 aliphatic carbocycles. The van der Waals surface area contributed by atoms with Gasteiger partial charge in [-0.3, -0.25) is 0 Å². The van der Waals surface area contributed by atoms with Gasteiger partial charge in [0.1, 0.15) is 5.82 Å². The van der Waals surface area contributed by atoms with Crippen LogP contribution in [0.15, 0.2) is 24.3 Å². The molecule has 0 aliphatic heterocycles. The van der Waals surface area contributed by atoms with Crippen LogP contribution < -0.4 is 9.64 Å². The number of methoxy groups -OCH3 is 1. The number of nitrogens with zero attached hydrogens (tertiary/aromatic N) is 4. The minimum Gasteiger partial charge on any atom is -0.467 e. The minimum absolute atomic E-state index is 0.0298. The molecule has 2 aromatic rings. The molecule has 0 bridgehead atoms. The van der Waals surface area contributed by atoms with Gasteiger partial charge in [-0.15, -0.1) is 0 Å². The van der Waals surface area contributed by atoms with E-state index >= 15 is 0 Å². The van der Waals surface area contributed by atoms with Gasteiger partial charge < -0.3 is 9.64 Å². The van der Waals surface area contributed by atoms with Crippen LogP contribution in [-0.2, 0) is 6.54 Å². The van der Waals surface area contributed by atoms with Gasteiger partial charge in [-0.2, -0.15) is 15.0 Å². The molecule has 0 fully saturated rings. The molecule has 0 unspecified atom stereocenters. The third kappa shape index (κ3) is 3.29. The van der Waals surface area contributed by atoms with Crippen molar-refractivity contribution in [2.24, 2.45) is 0 Å². The van der Waals surface area contributed by atoms with E-state index in [1.807, 2.05) is 0 Å². The summed E-state index contributed by atoms with van der Waals surface area (Å²) in [4.78, 5) is 13.5. The first-order valence-electron chi connectivity index (χ1n) is 5.50. The first-order valence-corrected chi connectivity index (χ1v) is 5.88. The minimum atomic E-state index is -0.276. The zero-order valence-electron chi connectivity index (χ0n) is 10.5. The van der Waals surface area contributed by atoms with Gasteiger partial charge in [0.15, 0.2) is 0 Å². The van der Waals surface area contributed by atoms with Crippen LogP contribution in [-0.4, -0.2) is 29.1 Å². The molecular weight excluding hydrogens is 271 g/mol. The summed E-state index contributed by atoms with van der Waals surface area (Å²) in [5, 5.41) is 0.0298.